The highest BCUT2D eigenvalue weighted by atomic mass is 16.5. The first-order valence-corrected chi connectivity index (χ1v) is 7.33. The van der Waals surface area contributed by atoms with Crippen molar-refractivity contribution in [1.82, 2.24) is 0 Å². The number of esters is 1. The van der Waals surface area contributed by atoms with Gasteiger partial charge >= 0.3 is 5.97 Å². The molecule has 0 aliphatic carbocycles. The number of carbonyl (C=O) groups excluding carboxylic acids is 1. The van der Waals surface area contributed by atoms with Crippen LogP contribution in [0.4, 0.5) is 11.4 Å². The zero-order valence-electron chi connectivity index (χ0n) is 12.8. The summed E-state index contributed by atoms with van der Waals surface area (Å²) in [7, 11) is 0. The van der Waals surface area contributed by atoms with Gasteiger partial charge in [0.2, 0.25) is 0 Å². The second-order valence-corrected chi connectivity index (χ2v) is 5.03. The third-order valence-electron chi connectivity index (χ3n) is 3.12. The normalized spacial score (nSPS) is 11.1. The fourth-order valence-electron chi connectivity index (χ4n) is 1.89. The molecule has 0 spiro atoms. The van der Waals surface area contributed by atoms with Gasteiger partial charge in [0.15, 0.2) is 0 Å². The average Bonchev–Trinajstić information content (AvgIpc) is 2.55. The summed E-state index contributed by atoms with van der Waals surface area (Å²) in [6.45, 7) is 0.249. The Balaban J connectivity index is 1.70. The van der Waals surface area contributed by atoms with E-state index in [0.29, 0.717) is 0 Å². The molecular formula is C19H20N2O2. The predicted octanol–water partition coefficient (Wildman–Crippen LogP) is 3.51. The zero-order chi connectivity index (χ0) is 16.5. The van der Waals surface area contributed by atoms with Gasteiger partial charge in [-0.15, -0.1) is 0 Å². The van der Waals surface area contributed by atoms with E-state index in [1.807, 2.05) is 60.7 Å². The van der Waals surface area contributed by atoms with Crippen LogP contribution in [0.1, 0.15) is 17.5 Å². The number of hydrogen-bond acceptors (Lipinski definition) is 4. The summed E-state index contributed by atoms with van der Waals surface area (Å²) >= 11 is 0. The fraction of sp³-hybridized carbons (Fsp3) is 0.105. The molecule has 23 heavy (non-hydrogen) atoms. The molecule has 0 amide bonds. The van der Waals surface area contributed by atoms with Crippen LogP contribution in [0.2, 0.25) is 0 Å². The van der Waals surface area contributed by atoms with E-state index in [1.54, 1.807) is 12.2 Å². The van der Waals surface area contributed by atoms with E-state index in [-0.39, 0.29) is 19.0 Å². The Morgan fingerprint density at radius 2 is 1.30 bits per heavy atom. The number of anilines is 2. The highest BCUT2D eigenvalue weighted by Gasteiger charge is 1.97. The lowest BCUT2D eigenvalue weighted by molar-refractivity contribution is -0.141. The summed E-state index contributed by atoms with van der Waals surface area (Å²) in [5.41, 5.74) is 14.7. The predicted molar refractivity (Wildman–Crippen MR) is 95.4 cm³/mol. The SMILES string of the molecule is Nc1ccc(C=CCOC(=O)CC=Cc2ccc(N)cc2)cc1. The van der Waals surface area contributed by atoms with E-state index in [2.05, 4.69) is 0 Å². The number of ether oxygens (including phenoxy) is 1. The second kappa shape index (κ2) is 8.44. The quantitative estimate of drug-likeness (QED) is 0.632. The molecule has 0 radical (unpaired) electrons. The van der Waals surface area contributed by atoms with Crippen LogP contribution in [0.5, 0.6) is 0 Å². The Bertz CT molecular complexity index is 686. The molecule has 118 valence electrons. The summed E-state index contributed by atoms with van der Waals surface area (Å²) in [5.74, 6) is -0.265. The van der Waals surface area contributed by atoms with E-state index in [0.717, 1.165) is 22.5 Å². The van der Waals surface area contributed by atoms with E-state index >= 15 is 0 Å². The maximum absolute atomic E-state index is 11.6. The van der Waals surface area contributed by atoms with E-state index < -0.39 is 0 Å². The number of hydrogen-bond donors (Lipinski definition) is 2. The third-order valence-corrected chi connectivity index (χ3v) is 3.12. The molecule has 4 heteroatoms. The van der Waals surface area contributed by atoms with Crippen molar-refractivity contribution in [3.63, 3.8) is 0 Å². The molecule has 0 saturated heterocycles. The van der Waals surface area contributed by atoms with E-state index in [4.69, 9.17) is 16.2 Å². The van der Waals surface area contributed by atoms with Gasteiger partial charge < -0.3 is 16.2 Å². The first-order chi connectivity index (χ1) is 11.1. The highest BCUT2D eigenvalue weighted by molar-refractivity contribution is 5.73. The summed E-state index contributed by atoms with van der Waals surface area (Å²) in [5, 5.41) is 0. The lowest BCUT2D eigenvalue weighted by Crippen LogP contribution is -2.02. The van der Waals surface area contributed by atoms with Crippen LogP contribution in [0.15, 0.2) is 60.7 Å². The fourth-order valence-corrected chi connectivity index (χ4v) is 1.89. The van der Waals surface area contributed by atoms with Crippen LogP contribution in [0.3, 0.4) is 0 Å². The van der Waals surface area contributed by atoms with Gasteiger partial charge in [0.1, 0.15) is 6.61 Å². The summed E-state index contributed by atoms with van der Waals surface area (Å²) in [4.78, 5) is 11.6. The topological polar surface area (TPSA) is 78.3 Å². The van der Waals surface area contributed by atoms with Gasteiger partial charge in [0.25, 0.3) is 0 Å². The lowest BCUT2D eigenvalue weighted by Gasteiger charge is -1.99. The van der Waals surface area contributed by atoms with Crippen LogP contribution < -0.4 is 11.5 Å². The van der Waals surface area contributed by atoms with Crippen molar-refractivity contribution in [3.05, 3.63) is 71.8 Å². The van der Waals surface area contributed by atoms with Crippen LogP contribution in [-0.4, -0.2) is 12.6 Å². The Morgan fingerprint density at radius 1 is 0.826 bits per heavy atom. The Kier molecular flexibility index (Phi) is 6.00. The molecule has 0 aliphatic rings. The van der Waals surface area contributed by atoms with Gasteiger partial charge in [0.05, 0.1) is 6.42 Å². The molecule has 0 unspecified atom stereocenters. The molecular weight excluding hydrogens is 288 g/mol. The van der Waals surface area contributed by atoms with Gasteiger partial charge in [-0.3, -0.25) is 4.79 Å². The minimum absolute atomic E-state index is 0.236. The molecule has 0 aromatic heterocycles. The Morgan fingerprint density at radius 3 is 1.83 bits per heavy atom. The van der Waals surface area contributed by atoms with Crippen LogP contribution in [0, 0.1) is 0 Å². The molecule has 0 heterocycles. The highest BCUT2D eigenvalue weighted by Crippen LogP contribution is 2.08. The van der Waals surface area contributed by atoms with Crippen molar-refractivity contribution in [2.75, 3.05) is 18.1 Å². The maximum atomic E-state index is 11.6. The summed E-state index contributed by atoms with van der Waals surface area (Å²) < 4.78 is 5.12. The van der Waals surface area contributed by atoms with Crippen molar-refractivity contribution < 1.29 is 9.53 Å². The van der Waals surface area contributed by atoms with Crippen LogP contribution >= 0.6 is 0 Å². The van der Waals surface area contributed by atoms with Crippen molar-refractivity contribution in [3.8, 4) is 0 Å². The monoisotopic (exact) mass is 308 g/mol. The molecule has 0 atom stereocenters. The van der Waals surface area contributed by atoms with Gasteiger partial charge in [-0.25, -0.2) is 0 Å². The molecule has 2 aromatic carbocycles. The van der Waals surface area contributed by atoms with Gasteiger partial charge in [-0.05, 0) is 41.5 Å². The first-order valence-electron chi connectivity index (χ1n) is 7.33. The summed E-state index contributed by atoms with van der Waals surface area (Å²) in [6.07, 6.45) is 7.56. The van der Waals surface area contributed by atoms with Crippen molar-refractivity contribution >= 4 is 29.5 Å². The largest absolute Gasteiger partial charge is 0.461 e. The zero-order valence-corrected chi connectivity index (χ0v) is 12.8. The van der Waals surface area contributed by atoms with Crippen LogP contribution in [-0.2, 0) is 9.53 Å². The standard InChI is InChI=1S/C19H20N2O2/c20-17-10-6-15(7-11-17)3-1-5-19(22)23-14-2-4-16-8-12-18(21)13-9-16/h1-4,6-13H,5,14,20-21H2. The molecule has 2 aromatic rings. The minimum Gasteiger partial charge on any atom is -0.461 e. The second-order valence-electron chi connectivity index (χ2n) is 5.03. The Labute approximate surface area is 136 Å². The minimum atomic E-state index is -0.265. The van der Waals surface area contributed by atoms with Crippen LogP contribution in [0.25, 0.3) is 12.2 Å². The number of nitrogen functional groups attached to an aromatic ring is 2. The Hall–Kier alpha value is -3.01. The number of benzene rings is 2. The molecule has 0 saturated carbocycles. The van der Waals surface area contributed by atoms with Gasteiger partial charge in [0, 0.05) is 11.4 Å². The van der Waals surface area contributed by atoms with Gasteiger partial charge in [-0.1, -0.05) is 42.5 Å². The smallest absolute Gasteiger partial charge is 0.309 e. The molecule has 4 N–H and O–H groups in total. The maximum Gasteiger partial charge on any atom is 0.309 e. The van der Waals surface area contributed by atoms with E-state index in [9.17, 15) is 4.79 Å². The average molecular weight is 308 g/mol. The number of carbonyl (C=O) groups is 1. The van der Waals surface area contributed by atoms with Crippen molar-refractivity contribution in [1.29, 1.82) is 0 Å². The van der Waals surface area contributed by atoms with Crippen molar-refractivity contribution in [2.24, 2.45) is 0 Å². The lowest BCUT2D eigenvalue weighted by atomic mass is 10.2. The molecule has 4 nitrogen and oxygen atoms in total. The molecule has 0 fully saturated rings. The number of nitrogens with two attached hydrogens (primary N) is 2. The molecule has 2 rings (SSSR count). The third kappa shape index (κ3) is 6.09. The first kappa shape index (κ1) is 16.4. The molecule has 0 bridgehead atoms. The summed E-state index contributed by atoms with van der Waals surface area (Å²) in [6, 6.07) is 14.9. The van der Waals surface area contributed by atoms with Gasteiger partial charge in [-0.2, -0.15) is 0 Å². The van der Waals surface area contributed by atoms with E-state index in [1.165, 1.54) is 0 Å². The molecule has 0 aliphatic heterocycles. The number of rotatable bonds is 6. The van der Waals surface area contributed by atoms with Crippen molar-refractivity contribution in [2.45, 2.75) is 6.42 Å².